The zero-order valence-electron chi connectivity index (χ0n) is 11.5. The van der Waals surface area contributed by atoms with Crippen molar-refractivity contribution in [2.75, 3.05) is 13.2 Å². The molecule has 2 aliphatic rings. The summed E-state index contributed by atoms with van der Waals surface area (Å²) in [7, 11) is 0. The number of amides is 1. The monoisotopic (exact) mass is 275 g/mol. The highest BCUT2D eigenvalue weighted by Crippen LogP contribution is 2.34. The van der Waals surface area contributed by atoms with Gasteiger partial charge in [0.15, 0.2) is 0 Å². The van der Waals surface area contributed by atoms with Gasteiger partial charge in [-0.15, -0.1) is 0 Å². The molecule has 1 aliphatic heterocycles. The van der Waals surface area contributed by atoms with Crippen LogP contribution in [0.1, 0.15) is 37.2 Å². The van der Waals surface area contributed by atoms with E-state index in [1.54, 1.807) is 0 Å². The Kier molecular flexibility index (Phi) is 3.92. The Hall–Kier alpha value is -1.55. The number of carbonyl (C=O) groups excluding carboxylic acids is 1. The number of para-hydroxylation sites is 1. The lowest BCUT2D eigenvalue weighted by atomic mass is 9.91. The van der Waals surface area contributed by atoms with E-state index in [2.05, 4.69) is 5.32 Å². The lowest BCUT2D eigenvalue weighted by Crippen LogP contribution is -2.42. The summed E-state index contributed by atoms with van der Waals surface area (Å²) in [4.78, 5) is 12.5. The van der Waals surface area contributed by atoms with Crippen LogP contribution in [-0.4, -0.2) is 30.3 Å². The minimum Gasteiger partial charge on any atom is -0.493 e. The molecule has 4 nitrogen and oxygen atoms in total. The number of aliphatic hydroxyl groups excluding tert-OH is 1. The first-order valence-electron chi connectivity index (χ1n) is 7.42. The van der Waals surface area contributed by atoms with Crippen LogP contribution in [0.4, 0.5) is 0 Å². The fraction of sp³-hybridized carbons (Fsp3) is 0.562. The fourth-order valence-corrected chi connectivity index (χ4v) is 3.34. The van der Waals surface area contributed by atoms with Crippen LogP contribution in [0.5, 0.6) is 5.75 Å². The van der Waals surface area contributed by atoms with Gasteiger partial charge >= 0.3 is 0 Å². The van der Waals surface area contributed by atoms with Gasteiger partial charge in [0.25, 0.3) is 0 Å². The maximum Gasteiger partial charge on any atom is 0.228 e. The number of nitrogens with one attached hydrogen (secondary N) is 1. The summed E-state index contributed by atoms with van der Waals surface area (Å²) in [6, 6.07) is 7.89. The molecule has 0 spiro atoms. The van der Waals surface area contributed by atoms with Gasteiger partial charge in [-0.1, -0.05) is 24.6 Å². The zero-order valence-corrected chi connectivity index (χ0v) is 11.5. The predicted octanol–water partition coefficient (Wildman–Crippen LogP) is 1.83. The molecule has 1 aromatic rings. The topological polar surface area (TPSA) is 58.6 Å². The lowest BCUT2D eigenvalue weighted by molar-refractivity contribution is -0.124. The number of hydrogen-bond acceptors (Lipinski definition) is 3. The van der Waals surface area contributed by atoms with E-state index in [0.29, 0.717) is 6.61 Å². The number of carbonyl (C=O) groups is 1. The maximum absolute atomic E-state index is 12.5. The van der Waals surface area contributed by atoms with Gasteiger partial charge in [-0.2, -0.15) is 0 Å². The fourth-order valence-electron chi connectivity index (χ4n) is 3.34. The Morgan fingerprint density at radius 1 is 1.30 bits per heavy atom. The molecular weight excluding hydrogens is 254 g/mol. The van der Waals surface area contributed by atoms with Gasteiger partial charge in [0.05, 0.1) is 12.5 Å². The molecule has 3 atom stereocenters. The summed E-state index contributed by atoms with van der Waals surface area (Å²) in [5.41, 5.74) is 0.981. The van der Waals surface area contributed by atoms with Gasteiger partial charge in [0.1, 0.15) is 5.75 Å². The van der Waals surface area contributed by atoms with E-state index >= 15 is 0 Å². The van der Waals surface area contributed by atoms with Crippen LogP contribution < -0.4 is 10.1 Å². The summed E-state index contributed by atoms with van der Waals surface area (Å²) in [6.07, 6.45) is 3.79. The van der Waals surface area contributed by atoms with Crippen molar-refractivity contribution >= 4 is 5.91 Å². The van der Waals surface area contributed by atoms with Crippen LogP contribution in [0.25, 0.3) is 0 Å². The minimum absolute atomic E-state index is 0.0751. The third kappa shape index (κ3) is 2.52. The summed E-state index contributed by atoms with van der Waals surface area (Å²) in [6.45, 7) is 0.749. The quantitative estimate of drug-likeness (QED) is 0.885. The van der Waals surface area contributed by atoms with Gasteiger partial charge in [0, 0.05) is 24.1 Å². The Morgan fingerprint density at radius 2 is 2.15 bits per heavy atom. The van der Waals surface area contributed by atoms with Gasteiger partial charge < -0.3 is 15.2 Å². The molecule has 108 valence electrons. The zero-order chi connectivity index (χ0) is 13.9. The van der Waals surface area contributed by atoms with Crippen molar-refractivity contribution in [3.63, 3.8) is 0 Å². The second kappa shape index (κ2) is 5.83. The van der Waals surface area contributed by atoms with Crippen molar-refractivity contribution < 1.29 is 14.6 Å². The number of rotatable bonds is 3. The third-order valence-electron chi connectivity index (χ3n) is 4.50. The second-order valence-corrected chi connectivity index (χ2v) is 5.72. The van der Waals surface area contributed by atoms with Gasteiger partial charge in [-0.05, 0) is 25.3 Å². The second-order valence-electron chi connectivity index (χ2n) is 5.72. The minimum atomic E-state index is -0.125. The lowest BCUT2D eigenvalue weighted by Gasteiger charge is -2.27. The van der Waals surface area contributed by atoms with Crippen LogP contribution in [0.3, 0.4) is 0 Å². The largest absolute Gasteiger partial charge is 0.493 e. The molecule has 20 heavy (non-hydrogen) atoms. The molecule has 3 unspecified atom stereocenters. The number of benzene rings is 1. The highest BCUT2D eigenvalue weighted by molar-refractivity contribution is 5.85. The van der Waals surface area contributed by atoms with Crippen molar-refractivity contribution in [1.82, 2.24) is 5.32 Å². The molecule has 1 aliphatic carbocycles. The SMILES string of the molecule is O=C(NC1CCCC1CO)C1CCOc2ccccc21. The molecule has 1 aromatic carbocycles. The Balaban J connectivity index is 1.72. The summed E-state index contributed by atoms with van der Waals surface area (Å²) in [5, 5.41) is 12.5. The molecule has 2 N–H and O–H groups in total. The molecule has 3 rings (SSSR count). The highest BCUT2D eigenvalue weighted by atomic mass is 16.5. The molecule has 4 heteroatoms. The van der Waals surface area contributed by atoms with Crippen LogP contribution in [0, 0.1) is 5.92 Å². The van der Waals surface area contributed by atoms with Crippen LogP contribution in [0.2, 0.25) is 0 Å². The molecule has 1 heterocycles. The summed E-state index contributed by atoms with van der Waals surface area (Å²) in [5.74, 6) is 0.990. The van der Waals surface area contributed by atoms with E-state index in [4.69, 9.17) is 4.74 Å². The first-order chi connectivity index (χ1) is 9.79. The van der Waals surface area contributed by atoms with Crippen LogP contribution >= 0.6 is 0 Å². The standard InChI is InChI=1S/C16H21NO3/c18-10-11-4-3-6-14(11)17-16(19)13-8-9-20-15-7-2-1-5-12(13)15/h1-2,5,7,11,13-14,18H,3-4,6,8-10H2,(H,17,19). The average molecular weight is 275 g/mol. The van der Waals surface area contributed by atoms with Crippen molar-refractivity contribution in [2.24, 2.45) is 5.92 Å². The van der Waals surface area contributed by atoms with Crippen molar-refractivity contribution in [1.29, 1.82) is 0 Å². The smallest absolute Gasteiger partial charge is 0.228 e. The number of aliphatic hydroxyl groups is 1. The molecule has 0 bridgehead atoms. The molecule has 1 fully saturated rings. The molecule has 1 amide bonds. The normalized spacial score (nSPS) is 28.6. The Labute approximate surface area is 119 Å². The maximum atomic E-state index is 12.5. The van der Waals surface area contributed by atoms with Crippen molar-refractivity contribution in [3.8, 4) is 5.75 Å². The average Bonchev–Trinajstić information content (AvgIpc) is 2.93. The van der Waals surface area contributed by atoms with E-state index in [0.717, 1.165) is 37.0 Å². The molecule has 0 radical (unpaired) electrons. The first kappa shape index (κ1) is 13.4. The Morgan fingerprint density at radius 3 is 3.00 bits per heavy atom. The van der Waals surface area contributed by atoms with Gasteiger partial charge in [0.2, 0.25) is 5.91 Å². The van der Waals surface area contributed by atoms with Gasteiger partial charge in [-0.3, -0.25) is 4.79 Å². The van der Waals surface area contributed by atoms with Gasteiger partial charge in [-0.25, -0.2) is 0 Å². The number of ether oxygens (including phenoxy) is 1. The number of fused-ring (bicyclic) bond motifs is 1. The molecular formula is C16H21NO3. The van der Waals surface area contributed by atoms with E-state index in [1.807, 2.05) is 24.3 Å². The van der Waals surface area contributed by atoms with E-state index in [-0.39, 0.29) is 30.4 Å². The predicted molar refractivity (Wildman–Crippen MR) is 75.7 cm³/mol. The first-order valence-corrected chi connectivity index (χ1v) is 7.42. The molecule has 1 saturated carbocycles. The molecule has 0 saturated heterocycles. The van der Waals surface area contributed by atoms with Crippen LogP contribution in [-0.2, 0) is 4.79 Å². The van der Waals surface area contributed by atoms with E-state index in [1.165, 1.54) is 0 Å². The summed E-state index contributed by atoms with van der Waals surface area (Å²) < 4.78 is 5.60. The number of hydrogen-bond donors (Lipinski definition) is 2. The highest BCUT2D eigenvalue weighted by Gasteiger charge is 2.32. The Bertz CT molecular complexity index is 488. The van der Waals surface area contributed by atoms with E-state index in [9.17, 15) is 9.90 Å². The van der Waals surface area contributed by atoms with Crippen molar-refractivity contribution in [3.05, 3.63) is 29.8 Å². The summed E-state index contributed by atoms with van der Waals surface area (Å²) >= 11 is 0. The third-order valence-corrected chi connectivity index (χ3v) is 4.50. The van der Waals surface area contributed by atoms with Crippen molar-refractivity contribution in [2.45, 2.75) is 37.6 Å². The van der Waals surface area contributed by atoms with E-state index < -0.39 is 0 Å². The van der Waals surface area contributed by atoms with Crippen LogP contribution in [0.15, 0.2) is 24.3 Å². The molecule has 0 aromatic heterocycles.